The first-order chi connectivity index (χ1) is 14.8. The summed E-state index contributed by atoms with van der Waals surface area (Å²) in [5, 5.41) is 26.3. The molecule has 0 bridgehead atoms. The van der Waals surface area contributed by atoms with Crippen molar-refractivity contribution in [2.24, 2.45) is 15.3 Å². The van der Waals surface area contributed by atoms with E-state index in [4.69, 9.17) is 24.4 Å². The molecule has 12 nitrogen and oxygen atoms in total. The number of hydrogen-bond acceptors (Lipinski definition) is 8. The molecule has 0 fully saturated rings. The second kappa shape index (κ2) is 11.4. The molecule has 0 radical (unpaired) electrons. The summed E-state index contributed by atoms with van der Waals surface area (Å²) < 4.78 is 1.56. The first kappa shape index (κ1) is 23.5. The van der Waals surface area contributed by atoms with Crippen molar-refractivity contribution in [3.63, 3.8) is 0 Å². The van der Waals surface area contributed by atoms with Crippen molar-refractivity contribution in [1.29, 1.82) is 0 Å². The minimum absolute atomic E-state index is 0.199. The van der Waals surface area contributed by atoms with Gasteiger partial charge in [0, 0.05) is 12.7 Å². The third-order valence-corrected chi connectivity index (χ3v) is 4.21. The maximum atomic E-state index is 10.7. The second-order valence-electron chi connectivity index (χ2n) is 5.88. The van der Waals surface area contributed by atoms with E-state index in [0.717, 1.165) is 11.3 Å². The van der Waals surface area contributed by atoms with E-state index in [1.54, 1.807) is 55.9 Å². The Labute approximate surface area is 188 Å². The Morgan fingerprint density at radius 1 is 1.10 bits per heavy atom. The maximum Gasteiger partial charge on any atom is 0.381 e. The summed E-state index contributed by atoms with van der Waals surface area (Å²) in [5.74, 6) is -0.215. The third-order valence-electron chi connectivity index (χ3n) is 3.73. The summed E-state index contributed by atoms with van der Waals surface area (Å²) in [7, 11) is 1.69. The third kappa shape index (κ3) is 7.52. The highest BCUT2D eigenvalue weighted by atomic mass is 32.1. The number of hydrogen-bond donors (Lipinski definition) is 4. The normalized spacial score (nSPS) is 11.8. The Bertz CT molecular complexity index is 1040. The number of hydrazone groups is 3. The van der Waals surface area contributed by atoms with Crippen LogP contribution in [0.3, 0.4) is 0 Å². The van der Waals surface area contributed by atoms with Crippen LogP contribution >= 0.6 is 24.4 Å². The molecule has 0 unspecified atom stereocenters. The summed E-state index contributed by atoms with van der Waals surface area (Å²) in [6, 6.07) is 7.17. The Hall–Kier alpha value is -3.78. The number of nitro groups is 1. The molecular formula is C17H20N10O2S2. The minimum atomic E-state index is -0.546. The number of nitrogens with zero attached hydrogens (tertiary/aromatic N) is 6. The lowest BCUT2D eigenvalue weighted by Crippen LogP contribution is -2.31. The largest absolute Gasteiger partial charge is 0.381 e. The molecule has 14 heteroatoms. The highest BCUT2D eigenvalue weighted by Gasteiger charge is 2.10. The molecular weight excluding hydrogens is 440 g/mol. The summed E-state index contributed by atoms with van der Waals surface area (Å²) in [5.41, 5.74) is 10.7. The maximum absolute atomic E-state index is 10.7. The predicted molar refractivity (Wildman–Crippen MR) is 128 cm³/mol. The molecule has 1 aromatic carbocycles. The lowest BCUT2D eigenvalue weighted by molar-refractivity contribution is -0.389. The van der Waals surface area contributed by atoms with E-state index in [-0.39, 0.29) is 10.9 Å². The van der Waals surface area contributed by atoms with E-state index in [1.807, 2.05) is 0 Å². The fraction of sp³-hybridized carbons (Fsp3) is 0.176. The lowest BCUT2D eigenvalue weighted by Gasteiger charge is -2.05. The van der Waals surface area contributed by atoms with E-state index in [1.165, 1.54) is 12.5 Å². The quantitative estimate of drug-likeness (QED) is 0.208. The van der Waals surface area contributed by atoms with Gasteiger partial charge in [-0.2, -0.15) is 15.3 Å². The fourth-order valence-electron chi connectivity index (χ4n) is 1.96. The zero-order valence-electron chi connectivity index (χ0n) is 16.9. The van der Waals surface area contributed by atoms with Crippen LogP contribution in [0.5, 0.6) is 0 Å². The number of benzene rings is 1. The van der Waals surface area contributed by atoms with Gasteiger partial charge >= 0.3 is 5.82 Å². The number of rotatable bonds is 7. The molecule has 0 aliphatic carbocycles. The first-order valence-electron chi connectivity index (χ1n) is 8.74. The molecule has 4 N–H and O–H groups in total. The molecule has 1 heterocycles. The number of nitrogens with one attached hydrogen (secondary N) is 4. The molecule has 0 saturated carbocycles. The summed E-state index contributed by atoms with van der Waals surface area (Å²) in [4.78, 5) is 13.9. The van der Waals surface area contributed by atoms with Gasteiger partial charge in [0.15, 0.2) is 5.11 Å². The summed E-state index contributed by atoms with van der Waals surface area (Å²) >= 11 is 10.0. The Morgan fingerprint density at radius 2 is 1.71 bits per heavy atom. The molecule has 0 aliphatic heterocycles. The summed E-state index contributed by atoms with van der Waals surface area (Å²) in [6.45, 7) is 3.53. The van der Waals surface area contributed by atoms with Crippen LogP contribution in [0.15, 0.2) is 52.1 Å². The zero-order chi connectivity index (χ0) is 22.8. The molecule has 0 aliphatic rings. The Morgan fingerprint density at radius 3 is 2.26 bits per heavy atom. The topological polar surface area (TPSA) is 146 Å². The smallest absolute Gasteiger partial charge is 0.364 e. The Balaban J connectivity index is 1.86. The van der Waals surface area contributed by atoms with E-state index < -0.39 is 4.92 Å². The van der Waals surface area contributed by atoms with Crippen molar-refractivity contribution in [3.8, 4) is 5.69 Å². The van der Waals surface area contributed by atoms with Gasteiger partial charge in [-0.15, -0.1) is 0 Å². The molecule has 0 atom stereocenters. The van der Waals surface area contributed by atoms with Gasteiger partial charge in [-0.25, -0.2) is 0 Å². The molecule has 0 saturated heterocycles. The van der Waals surface area contributed by atoms with Gasteiger partial charge in [-0.3, -0.25) is 20.8 Å². The van der Waals surface area contributed by atoms with Crippen LogP contribution in [0.4, 0.5) is 5.82 Å². The van der Waals surface area contributed by atoms with Crippen molar-refractivity contribution in [1.82, 2.24) is 31.1 Å². The van der Waals surface area contributed by atoms with Crippen LogP contribution in [0, 0.1) is 10.1 Å². The first-order valence-corrected chi connectivity index (χ1v) is 9.56. The average molecular weight is 461 g/mol. The van der Waals surface area contributed by atoms with E-state index in [9.17, 15) is 10.1 Å². The van der Waals surface area contributed by atoms with Gasteiger partial charge in [-0.05, 0) is 65.9 Å². The van der Waals surface area contributed by atoms with E-state index >= 15 is 0 Å². The second-order valence-corrected chi connectivity index (χ2v) is 6.70. The van der Waals surface area contributed by atoms with Crippen LogP contribution in [0.25, 0.3) is 5.69 Å². The van der Waals surface area contributed by atoms with Gasteiger partial charge in [-0.1, -0.05) is 12.1 Å². The monoisotopic (exact) mass is 460 g/mol. The van der Waals surface area contributed by atoms with E-state index in [2.05, 4.69) is 41.9 Å². The molecule has 1 aromatic heterocycles. The van der Waals surface area contributed by atoms with Crippen LogP contribution < -0.4 is 21.6 Å². The lowest BCUT2D eigenvalue weighted by atomic mass is 10.2. The van der Waals surface area contributed by atoms with Crippen LogP contribution in [-0.4, -0.2) is 49.4 Å². The van der Waals surface area contributed by atoms with Crippen LogP contribution in [0.1, 0.15) is 19.4 Å². The standard InChI is InChI=1S/C17H20N10O2S2/c1-11(21-24-16(30)18-3)12(2)22-25-17(31)23-20-8-13-4-6-14(7-5-13)26-9-15(19-10-26)27(28)29/h4-10H,1-3H3,(H2,18,24,30)(H2,23,25,31)/b20-8+,21-11+,22-12+. The van der Waals surface area contributed by atoms with Gasteiger partial charge in [0.25, 0.3) is 0 Å². The van der Waals surface area contributed by atoms with Gasteiger partial charge < -0.3 is 15.4 Å². The van der Waals surface area contributed by atoms with Crippen molar-refractivity contribution in [2.75, 3.05) is 7.05 Å². The molecule has 0 amide bonds. The number of thiocarbonyl (C=S) groups is 2. The van der Waals surface area contributed by atoms with E-state index in [0.29, 0.717) is 16.5 Å². The molecule has 2 rings (SSSR count). The minimum Gasteiger partial charge on any atom is -0.364 e. The van der Waals surface area contributed by atoms with Gasteiger partial charge in [0.2, 0.25) is 11.4 Å². The van der Waals surface area contributed by atoms with Crippen LogP contribution in [-0.2, 0) is 0 Å². The number of aromatic nitrogens is 2. The fourth-order valence-corrected chi connectivity index (χ4v) is 2.10. The molecule has 31 heavy (non-hydrogen) atoms. The SMILES string of the molecule is CNC(=S)N/N=C(C)/C(C)=N/NC(=S)N/N=C/c1ccc(-n2cnc([N+](=O)[O-])c2)cc1. The highest BCUT2D eigenvalue weighted by Crippen LogP contribution is 2.13. The van der Waals surface area contributed by atoms with Gasteiger partial charge in [0.05, 0.1) is 17.6 Å². The van der Waals surface area contributed by atoms with Gasteiger partial charge in [0.1, 0.15) is 6.20 Å². The number of imidazole rings is 1. The van der Waals surface area contributed by atoms with Crippen molar-refractivity contribution in [2.45, 2.75) is 13.8 Å². The predicted octanol–water partition coefficient (Wildman–Crippen LogP) is 1.42. The molecule has 0 spiro atoms. The summed E-state index contributed by atoms with van der Waals surface area (Å²) in [6.07, 6.45) is 4.29. The van der Waals surface area contributed by atoms with Crippen LogP contribution in [0.2, 0.25) is 0 Å². The molecule has 162 valence electrons. The highest BCUT2D eigenvalue weighted by molar-refractivity contribution is 7.80. The zero-order valence-corrected chi connectivity index (χ0v) is 18.5. The van der Waals surface area contributed by atoms with Crippen molar-refractivity contribution < 1.29 is 4.92 Å². The van der Waals surface area contributed by atoms with Crippen molar-refractivity contribution >= 4 is 58.1 Å². The molecule has 2 aromatic rings. The Kier molecular flexibility index (Phi) is 8.65. The average Bonchev–Trinajstić information content (AvgIpc) is 3.26. The van der Waals surface area contributed by atoms with Crippen molar-refractivity contribution in [3.05, 3.63) is 52.5 Å².